The summed E-state index contributed by atoms with van der Waals surface area (Å²) in [6.45, 7) is 0.922. The minimum Gasteiger partial charge on any atom is -0.497 e. The molecule has 2 aromatic carbocycles. The summed E-state index contributed by atoms with van der Waals surface area (Å²) in [6.07, 6.45) is 0. The van der Waals surface area contributed by atoms with Crippen molar-refractivity contribution in [3.63, 3.8) is 0 Å². The number of aliphatic carboxylic acids is 1. The molecule has 0 aliphatic heterocycles. The number of ether oxygens (including phenoxy) is 1. The molecule has 128 valence electrons. The third-order valence-electron chi connectivity index (χ3n) is 3.43. The molecule has 6 nitrogen and oxygen atoms in total. The van der Waals surface area contributed by atoms with Crippen molar-refractivity contribution in [1.82, 2.24) is 0 Å². The average Bonchev–Trinajstić information content (AvgIpc) is 2.55. The van der Waals surface area contributed by atoms with E-state index >= 15 is 0 Å². The van der Waals surface area contributed by atoms with E-state index in [1.807, 2.05) is 0 Å². The van der Waals surface area contributed by atoms with Gasteiger partial charge in [-0.25, -0.2) is 8.42 Å². The summed E-state index contributed by atoms with van der Waals surface area (Å²) < 4.78 is 31.7. The van der Waals surface area contributed by atoms with Gasteiger partial charge in [-0.1, -0.05) is 17.7 Å². The predicted octanol–water partition coefficient (Wildman–Crippen LogP) is 2.94. The Morgan fingerprint density at radius 3 is 2.38 bits per heavy atom. The second kappa shape index (κ2) is 7.11. The molecule has 0 aliphatic carbocycles. The molecule has 0 bridgehead atoms. The van der Waals surface area contributed by atoms with E-state index in [0.29, 0.717) is 16.3 Å². The maximum absolute atomic E-state index is 12.9. The lowest BCUT2D eigenvalue weighted by molar-refractivity contribution is -0.135. The van der Waals surface area contributed by atoms with Crippen LogP contribution in [0.5, 0.6) is 5.75 Å². The van der Waals surface area contributed by atoms with E-state index in [2.05, 4.69) is 0 Å². The van der Waals surface area contributed by atoms with Gasteiger partial charge in [0.25, 0.3) is 10.0 Å². The second-order valence-electron chi connectivity index (χ2n) is 4.96. The second-order valence-corrected chi connectivity index (χ2v) is 7.23. The SMILES string of the molecule is COc1ccc(S(=O)(=O)N(CC(=O)O)c2cccc(Cl)c2C)cc1. The molecule has 0 heterocycles. The molecule has 0 unspecified atom stereocenters. The number of halogens is 1. The minimum absolute atomic E-state index is 0.0380. The largest absolute Gasteiger partial charge is 0.497 e. The smallest absolute Gasteiger partial charge is 0.324 e. The number of nitrogens with zero attached hydrogens (tertiary/aromatic N) is 1. The van der Waals surface area contributed by atoms with Crippen LogP contribution in [0.3, 0.4) is 0 Å². The van der Waals surface area contributed by atoms with Gasteiger partial charge < -0.3 is 9.84 Å². The molecule has 1 N–H and O–H groups in total. The number of carbonyl (C=O) groups is 1. The topological polar surface area (TPSA) is 83.9 Å². The summed E-state index contributed by atoms with van der Waals surface area (Å²) in [5, 5.41) is 9.49. The molecule has 0 spiro atoms. The van der Waals surface area contributed by atoms with Crippen LogP contribution in [-0.4, -0.2) is 33.1 Å². The Labute approximate surface area is 145 Å². The fraction of sp³-hybridized carbons (Fsp3) is 0.188. The van der Waals surface area contributed by atoms with Crippen molar-refractivity contribution >= 4 is 33.3 Å². The first-order chi connectivity index (χ1) is 11.3. The fourth-order valence-electron chi connectivity index (χ4n) is 2.16. The van der Waals surface area contributed by atoms with Crippen molar-refractivity contribution in [1.29, 1.82) is 0 Å². The molecule has 0 radical (unpaired) electrons. The number of anilines is 1. The van der Waals surface area contributed by atoms with Crippen LogP contribution < -0.4 is 9.04 Å². The van der Waals surface area contributed by atoms with Crippen LogP contribution >= 0.6 is 11.6 Å². The monoisotopic (exact) mass is 369 g/mol. The third kappa shape index (κ3) is 3.63. The number of hydrogen-bond acceptors (Lipinski definition) is 4. The van der Waals surface area contributed by atoms with E-state index in [9.17, 15) is 13.2 Å². The number of hydrogen-bond donors (Lipinski definition) is 1. The van der Waals surface area contributed by atoms with Crippen LogP contribution in [0.1, 0.15) is 5.56 Å². The molecule has 24 heavy (non-hydrogen) atoms. The third-order valence-corrected chi connectivity index (χ3v) is 5.62. The van der Waals surface area contributed by atoms with Gasteiger partial charge in [-0.15, -0.1) is 0 Å². The van der Waals surface area contributed by atoms with Crippen LogP contribution in [0.2, 0.25) is 5.02 Å². The molecule has 0 saturated heterocycles. The normalized spacial score (nSPS) is 11.1. The van der Waals surface area contributed by atoms with Crippen molar-refractivity contribution in [2.45, 2.75) is 11.8 Å². The highest BCUT2D eigenvalue weighted by Crippen LogP contribution is 2.31. The van der Waals surface area contributed by atoms with Crippen molar-refractivity contribution in [3.05, 3.63) is 53.1 Å². The van der Waals surface area contributed by atoms with Gasteiger partial charge >= 0.3 is 5.97 Å². The van der Waals surface area contributed by atoms with Crippen LogP contribution in [0.4, 0.5) is 5.69 Å². The van der Waals surface area contributed by atoms with Gasteiger partial charge in [0.05, 0.1) is 17.7 Å². The zero-order chi connectivity index (χ0) is 17.9. The highest BCUT2D eigenvalue weighted by atomic mass is 35.5. The lowest BCUT2D eigenvalue weighted by atomic mass is 10.2. The molecule has 8 heteroatoms. The van der Waals surface area contributed by atoms with Gasteiger partial charge in [0.1, 0.15) is 12.3 Å². The molecular formula is C16H16ClNO5S. The maximum atomic E-state index is 12.9. The van der Waals surface area contributed by atoms with E-state index < -0.39 is 22.5 Å². The average molecular weight is 370 g/mol. The number of sulfonamides is 1. The highest BCUT2D eigenvalue weighted by molar-refractivity contribution is 7.92. The molecule has 2 aromatic rings. The Kier molecular flexibility index (Phi) is 5.36. The lowest BCUT2D eigenvalue weighted by Crippen LogP contribution is -2.36. The summed E-state index contributed by atoms with van der Waals surface area (Å²) in [7, 11) is -2.61. The Balaban J connectivity index is 2.57. The van der Waals surface area contributed by atoms with Gasteiger partial charge in [-0.05, 0) is 48.9 Å². The summed E-state index contributed by atoms with van der Waals surface area (Å²) in [6, 6.07) is 10.4. The van der Waals surface area contributed by atoms with Gasteiger partial charge in [0, 0.05) is 5.02 Å². The van der Waals surface area contributed by atoms with E-state index in [-0.39, 0.29) is 10.6 Å². The Hall–Kier alpha value is -2.25. The maximum Gasteiger partial charge on any atom is 0.324 e. The van der Waals surface area contributed by atoms with Crippen molar-refractivity contribution < 1.29 is 23.1 Å². The van der Waals surface area contributed by atoms with E-state index in [0.717, 1.165) is 4.31 Å². The van der Waals surface area contributed by atoms with E-state index in [1.54, 1.807) is 19.1 Å². The molecule has 0 saturated carbocycles. The summed E-state index contributed by atoms with van der Waals surface area (Å²) in [5.74, 6) is -0.774. The van der Waals surface area contributed by atoms with Crippen molar-refractivity contribution in [3.8, 4) is 5.75 Å². The van der Waals surface area contributed by atoms with Crippen LogP contribution in [-0.2, 0) is 14.8 Å². The van der Waals surface area contributed by atoms with Gasteiger partial charge in [-0.2, -0.15) is 0 Å². The van der Waals surface area contributed by atoms with Crippen molar-refractivity contribution in [2.75, 3.05) is 18.0 Å². The molecule has 0 aromatic heterocycles. The van der Waals surface area contributed by atoms with Gasteiger partial charge in [0.2, 0.25) is 0 Å². The Bertz CT molecular complexity index is 849. The summed E-state index contributed by atoms with van der Waals surface area (Å²) in [5.41, 5.74) is 0.707. The van der Waals surface area contributed by atoms with Gasteiger partial charge in [0.15, 0.2) is 0 Å². The number of carboxylic acid groups (broad SMARTS) is 1. The number of carboxylic acids is 1. The first-order valence-corrected chi connectivity index (χ1v) is 8.73. The van der Waals surface area contributed by atoms with Crippen LogP contribution in [0.15, 0.2) is 47.4 Å². The predicted molar refractivity (Wildman–Crippen MR) is 91.4 cm³/mol. The van der Waals surface area contributed by atoms with Crippen LogP contribution in [0.25, 0.3) is 0 Å². The molecular weight excluding hydrogens is 354 g/mol. The number of benzene rings is 2. The van der Waals surface area contributed by atoms with E-state index in [4.69, 9.17) is 21.4 Å². The summed E-state index contributed by atoms with van der Waals surface area (Å²) in [4.78, 5) is 11.2. The van der Waals surface area contributed by atoms with Crippen LogP contribution in [0, 0.1) is 6.92 Å². The quantitative estimate of drug-likeness (QED) is 0.846. The van der Waals surface area contributed by atoms with Gasteiger partial charge in [-0.3, -0.25) is 9.10 Å². The molecule has 0 aliphatic rings. The van der Waals surface area contributed by atoms with Crippen molar-refractivity contribution in [2.24, 2.45) is 0 Å². The first-order valence-electron chi connectivity index (χ1n) is 6.91. The Morgan fingerprint density at radius 1 is 1.21 bits per heavy atom. The Morgan fingerprint density at radius 2 is 1.83 bits per heavy atom. The lowest BCUT2D eigenvalue weighted by Gasteiger charge is -2.24. The fourth-order valence-corrected chi connectivity index (χ4v) is 3.80. The zero-order valence-corrected chi connectivity index (χ0v) is 14.6. The summed E-state index contributed by atoms with van der Waals surface area (Å²) >= 11 is 6.04. The highest BCUT2D eigenvalue weighted by Gasteiger charge is 2.28. The number of rotatable bonds is 6. The molecule has 2 rings (SSSR count). The molecule has 0 atom stereocenters. The standard InChI is InChI=1S/C16H16ClNO5S/c1-11-14(17)4-3-5-15(11)18(10-16(19)20)24(21,22)13-8-6-12(23-2)7-9-13/h3-9H,10H2,1-2H3,(H,19,20). The zero-order valence-electron chi connectivity index (χ0n) is 13.1. The first kappa shape index (κ1) is 18.1. The van der Waals surface area contributed by atoms with E-state index in [1.165, 1.54) is 37.4 Å². The number of methoxy groups -OCH3 is 1. The minimum atomic E-state index is -4.08. The molecule has 0 fully saturated rings. The molecule has 0 amide bonds.